The molecule has 1 amide bonds. The summed E-state index contributed by atoms with van der Waals surface area (Å²) in [5.41, 5.74) is 0.301. The highest BCUT2D eigenvalue weighted by Gasteiger charge is 2.40. The largest absolute Gasteiger partial charge is 0.507 e. The zero-order valence-corrected chi connectivity index (χ0v) is 10.7. The number of amides is 1. The Bertz CT molecular complexity index is 492. The third-order valence-electron chi connectivity index (χ3n) is 3.90. The molecule has 2 atom stereocenters. The van der Waals surface area contributed by atoms with Gasteiger partial charge in [-0.25, -0.2) is 0 Å². The number of fused-ring (bicyclic) bond motifs is 1. The van der Waals surface area contributed by atoms with Crippen molar-refractivity contribution in [1.29, 1.82) is 0 Å². The molecule has 0 unspecified atom stereocenters. The van der Waals surface area contributed by atoms with Crippen LogP contribution in [0.3, 0.4) is 0 Å². The normalized spacial score (nSPS) is 26.4. The summed E-state index contributed by atoms with van der Waals surface area (Å²) >= 11 is 5.88. The quantitative estimate of drug-likeness (QED) is 0.810. The van der Waals surface area contributed by atoms with Crippen molar-refractivity contribution in [3.63, 3.8) is 0 Å². The third-order valence-corrected chi connectivity index (χ3v) is 4.13. The number of hydrogen-bond acceptors (Lipinski definition) is 3. The lowest BCUT2D eigenvalue weighted by Gasteiger charge is -2.23. The summed E-state index contributed by atoms with van der Waals surface area (Å²) in [6.07, 6.45) is 1.03. The molecule has 5 heteroatoms. The van der Waals surface area contributed by atoms with Gasteiger partial charge in [0.1, 0.15) is 5.75 Å². The van der Waals surface area contributed by atoms with Crippen LogP contribution in [0.25, 0.3) is 0 Å². The minimum atomic E-state index is -0.119. The number of halogens is 1. The molecule has 0 radical (unpaired) electrons. The van der Waals surface area contributed by atoms with Gasteiger partial charge >= 0.3 is 0 Å². The predicted octanol–water partition coefficient (Wildman–Crippen LogP) is 1.48. The van der Waals surface area contributed by atoms with E-state index >= 15 is 0 Å². The van der Waals surface area contributed by atoms with Crippen LogP contribution in [0.1, 0.15) is 16.8 Å². The molecule has 2 fully saturated rings. The van der Waals surface area contributed by atoms with E-state index in [0.717, 1.165) is 26.1 Å². The standard InChI is InChI=1S/C13H15ClN2O2/c14-9-1-2-12(17)10(5-9)13(18)16-4-3-8-6-15-7-11(8)16/h1-2,5,8,11,15,17H,3-4,6-7H2/t8-,11+/m0/s1. The molecule has 4 nitrogen and oxygen atoms in total. The zero-order valence-electron chi connectivity index (χ0n) is 9.90. The van der Waals surface area contributed by atoms with Crippen molar-refractivity contribution < 1.29 is 9.90 Å². The van der Waals surface area contributed by atoms with Gasteiger partial charge < -0.3 is 15.3 Å². The van der Waals surface area contributed by atoms with Crippen molar-refractivity contribution >= 4 is 17.5 Å². The topological polar surface area (TPSA) is 52.6 Å². The Labute approximate surface area is 111 Å². The number of rotatable bonds is 1. The Morgan fingerprint density at radius 2 is 2.28 bits per heavy atom. The number of hydrogen-bond donors (Lipinski definition) is 2. The average Bonchev–Trinajstić information content (AvgIpc) is 2.93. The van der Waals surface area contributed by atoms with Crippen LogP contribution < -0.4 is 5.32 Å². The molecule has 96 valence electrons. The van der Waals surface area contributed by atoms with E-state index in [1.807, 2.05) is 4.90 Å². The van der Waals surface area contributed by atoms with Crippen LogP contribution in [0.15, 0.2) is 18.2 Å². The smallest absolute Gasteiger partial charge is 0.257 e. The number of benzene rings is 1. The Balaban J connectivity index is 1.88. The fourth-order valence-corrected chi connectivity index (χ4v) is 3.11. The molecule has 1 aromatic carbocycles. The second-order valence-electron chi connectivity index (χ2n) is 4.93. The molecule has 18 heavy (non-hydrogen) atoms. The van der Waals surface area contributed by atoms with E-state index in [4.69, 9.17) is 11.6 Å². The maximum atomic E-state index is 12.4. The van der Waals surface area contributed by atoms with E-state index in [-0.39, 0.29) is 17.7 Å². The SMILES string of the molecule is O=C(c1cc(Cl)ccc1O)N1CC[C@H]2CNC[C@H]21. The van der Waals surface area contributed by atoms with Gasteiger partial charge in [0.25, 0.3) is 5.91 Å². The molecule has 2 heterocycles. The number of aromatic hydroxyl groups is 1. The first-order valence-electron chi connectivity index (χ1n) is 6.17. The molecule has 2 aliphatic heterocycles. The van der Waals surface area contributed by atoms with Crippen LogP contribution >= 0.6 is 11.6 Å². The minimum Gasteiger partial charge on any atom is -0.507 e. The number of likely N-dealkylation sites (tertiary alicyclic amines) is 1. The van der Waals surface area contributed by atoms with Crippen molar-refractivity contribution in [3.05, 3.63) is 28.8 Å². The second-order valence-corrected chi connectivity index (χ2v) is 5.37. The van der Waals surface area contributed by atoms with Crippen LogP contribution in [-0.2, 0) is 0 Å². The first-order chi connectivity index (χ1) is 8.66. The van der Waals surface area contributed by atoms with Crippen molar-refractivity contribution in [1.82, 2.24) is 10.2 Å². The number of phenols is 1. The molecule has 2 saturated heterocycles. The van der Waals surface area contributed by atoms with Gasteiger partial charge in [0.05, 0.1) is 5.56 Å². The fraction of sp³-hybridized carbons (Fsp3) is 0.462. The molecule has 3 rings (SSSR count). The first-order valence-corrected chi connectivity index (χ1v) is 6.55. The van der Waals surface area contributed by atoms with E-state index in [1.165, 1.54) is 12.1 Å². The highest BCUT2D eigenvalue weighted by molar-refractivity contribution is 6.31. The van der Waals surface area contributed by atoms with Crippen molar-refractivity contribution in [2.75, 3.05) is 19.6 Å². The van der Waals surface area contributed by atoms with Gasteiger partial charge in [-0.1, -0.05) is 11.6 Å². The van der Waals surface area contributed by atoms with E-state index < -0.39 is 0 Å². The van der Waals surface area contributed by atoms with Gasteiger partial charge in [-0.05, 0) is 30.5 Å². The van der Waals surface area contributed by atoms with Gasteiger partial charge in [-0.3, -0.25) is 4.79 Å². The van der Waals surface area contributed by atoms with E-state index in [0.29, 0.717) is 16.5 Å². The summed E-state index contributed by atoms with van der Waals surface area (Å²) < 4.78 is 0. The summed E-state index contributed by atoms with van der Waals surface area (Å²) in [6.45, 7) is 2.59. The first kappa shape index (κ1) is 11.8. The molecule has 0 aliphatic carbocycles. The molecule has 1 aromatic rings. The summed E-state index contributed by atoms with van der Waals surface area (Å²) in [6, 6.07) is 4.85. The summed E-state index contributed by atoms with van der Waals surface area (Å²) in [5.74, 6) is 0.431. The van der Waals surface area contributed by atoms with Crippen LogP contribution in [0.5, 0.6) is 5.75 Å². The lowest BCUT2D eigenvalue weighted by molar-refractivity contribution is 0.0734. The minimum absolute atomic E-state index is 0.00111. The molecule has 2 N–H and O–H groups in total. The molecular weight excluding hydrogens is 252 g/mol. The van der Waals surface area contributed by atoms with Gasteiger partial charge in [-0.15, -0.1) is 0 Å². The Hall–Kier alpha value is -1.26. The summed E-state index contributed by atoms with van der Waals surface area (Å²) in [4.78, 5) is 14.3. The second kappa shape index (κ2) is 4.44. The van der Waals surface area contributed by atoms with Crippen LogP contribution in [0.4, 0.5) is 0 Å². The maximum Gasteiger partial charge on any atom is 0.257 e. The van der Waals surface area contributed by atoms with Crippen LogP contribution in [0.2, 0.25) is 5.02 Å². The van der Waals surface area contributed by atoms with E-state index in [2.05, 4.69) is 5.32 Å². The summed E-state index contributed by atoms with van der Waals surface area (Å²) in [7, 11) is 0. The molecular formula is C13H15ClN2O2. The van der Waals surface area contributed by atoms with Crippen molar-refractivity contribution in [3.8, 4) is 5.75 Å². The lowest BCUT2D eigenvalue weighted by Crippen LogP contribution is -2.39. The molecule has 0 bridgehead atoms. The average molecular weight is 267 g/mol. The monoisotopic (exact) mass is 266 g/mol. The zero-order chi connectivity index (χ0) is 12.7. The van der Waals surface area contributed by atoms with Crippen molar-refractivity contribution in [2.45, 2.75) is 12.5 Å². The Kier molecular flexibility index (Phi) is 2.92. The van der Waals surface area contributed by atoms with Crippen LogP contribution in [-0.4, -0.2) is 41.6 Å². The lowest BCUT2D eigenvalue weighted by atomic mass is 10.0. The molecule has 0 saturated carbocycles. The van der Waals surface area contributed by atoms with Gasteiger partial charge in [0.2, 0.25) is 0 Å². The van der Waals surface area contributed by atoms with E-state index in [9.17, 15) is 9.90 Å². The van der Waals surface area contributed by atoms with Gasteiger partial charge in [0.15, 0.2) is 0 Å². The summed E-state index contributed by atoms with van der Waals surface area (Å²) in [5, 5.41) is 13.6. The van der Waals surface area contributed by atoms with Gasteiger partial charge in [-0.2, -0.15) is 0 Å². The highest BCUT2D eigenvalue weighted by atomic mass is 35.5. The molecule has 0 spiro atoms. The maximum absolute atomic E-state index is 12.4. The Morgan fingerprint density at radius 1 is 1.44 bits per heavy atom. The van der Waals surface area contributed by atoms with Crippen molar-refractivity contribution in [2.24, 2.45) is 5.92 Å². The third kappa shape index (κ3) is 1.85. The number of nitrogens with zero attached hydrogens (tertiary/aromatic N) is 1. The number of nitrogens with one attached hydrogen (secondary N) is 1. The van der Waals surface area contributed by atoms with Crippen LogP contribution in [0, 0.1) is 5.92 Å². The number of carbonyl (C=O) groups excluding carboxylic acids is 1. The fourth-order valence-electron chi connectivity index (χ4n) is 2.94. The molecule has 0 aromatic heterocycles. The highest BCUT2D eigenvalue weighted by Crippen LogP contribution is 2.31. The van der Waals surface area contributed by atoms with Gasteiger partial charge in [0, 0.05) is 30.7 Å². The van der Waals surface area contributed by atoms with E-state index in [1.54, 1.807) is 6.07 Å². The molecule has 2 aliphatic rings. The number of carbonyl (C=O) groups is 1. The predicted molar refractivity (Wildman–Crippen MR) is 68.9 cm³/mol. The number of phenolic OH excluding ortho intramolecular Hbond substituents is 1. The Morgan fingerprint density at radius 3 is 3.11 bits per heavy atom.